The number of benzene rings is 1. The van der Waals surface area contributed by atoms with E-state index in [1.54, 1.807) is 12.1 Å². The van der Waals surface area contributed by atoms with Crippen molar-refractivity contribution in [2.24, 2.45) is 11.7 Å². The second-order valence-corrected chi connectivity index (χ2v) is 5.15. The Balaban J connectivity index is 2.00. The van der Waals surface area contributed by atoms with Gasteiger partial charge in [0.1, 0.15) is 17.3 Å². The van der Waals surface area contributed by atoms with Gasteiger partial charge in [0.2, 0.25) is 5.91 Å². The molecule has 108 valence electrons. The summed E-state index contributed by atoms with van der Waals surface area (Å²) in [5.41, 5.74) is 6.05. The second-order valence-electron chi connectivity index (χ2n) is 4.63. The molecule has 0 radical (unpaired) electrons. The van der Waals surface area contributed by atoms with Crippen LogP contribution < -0.4 is 15.8 Å². The SMILES string of the molecule is NC(=S)COc1ccccc1NC(=O)C1CCOCC1. The Labute approximate surface area is 123 Å². The molecule has 1 aromatic rings. The number of amides is 1. The lowest BCUT2D eigenvalue weighted by Gasteiger charge is -2.21. The van der Waals surface area contributed by atoms with Gasteiger partial charge in [-0.25, -0.2) is 0 Å². The van der Waals surface area contributed by atoms with Crippen molar-refractivity contribution in [3.63, 3.8) is 0 Å². The summed E-state index contributed by atoms with van der Waals surface area (Å²) in [6.45, 7) is 1.43. The van der Waals surface area contributed by atoms with Gasteiger partial charge in [-0.2, -0.15) is 0 Å². The van der Waals surface area contributed by atoms with Crippen LogP contribution in [0.5, 0.6) is 5.75 Å². The minimum absolute atomic E-state index is 0.000301. The molecule has 1 saturated heterocycles. The van der Waals surface area contributed by atoms with Crippen molar-refractivity contribution in [1.29, 1.82) is 0 Å². The van der Waals surface area contributed by atoms with Gasteiger partial charge in [0.25, 0.3) is 0 Å². The number of carbonyl (C=O) groups is 1. The summed E-state index contributed by atoms with van der Waals surface area (Å²) in [6.07, 6.45) is 1.50. The molecule has 6 heteroatoms. The topological polar surface area (TPSA) is 73.6 Å². The molecule has 1 aliphatic heterocycles. The maximum atomic E-state index is 12.2. The number of nitrogens with two attached hydrogens (primary N) is 1. The molecular weight excluding hydrogens is 276 g/mol. The number of thiocarbonyl (C=S) groups is 1. The highest BCUT2D eigenvalue weighted by Gasteiger charge is 2.22. The predicted molar refractivity (Wildman–Crippen MR) is 80.9 cm³/mol. The first-order valence-corrected chi connectivity index (χ1v) is 6.96. The van der Waals surface area contributed by atoms with Gasteiger partial charge < -0.3 is 20.5 Å². The number of hydrogen-bond acceptors (Lipinski definition) is 4. The van der Waals surface area contributed by atoms with Gasteiger partial charge in [-0.15, -0.1) is 0 Å². The second kappa shape index (κ2) is 7.21. The van der Waals surface area contributed by atoms with Gasteiger partial charge in [0.15, 0.2) is 0 Å². The van der Waals surface area contributed by atoms with Crippen LogP contribution in [0.1, 0.15) is 12.8 Å². The number of hydrogen-bond donors (Lipinski definition) is 2. The van der Waals surface area contributed by atoms with E-state index in [-0.39, 0.29) is 23.4 Å². The molecule has 2 rings (SSSR count). The summed E-state index contributed by atoms with van der Waals surface area (Å²) in [6, 6.07) is 7.25. The molecular formula is C14H18N2O3S. The fourth-order valence-corrected chi connectivity index (χ4v) is 2.10. The van der Waals surface area contributed by atoms with E-state index in [1.165, 1.54) is 0 Å². The average molecular weight is 294 g/mol. The Morgan fingerprint density at radius 2 is 2.10 bits per heavy atom. The number of carbonyl (C=O) groups excluding carboxylic acids is 1. The summed E-state index contributed by atoms with van der Waals surface area (Å²) in [5, 5.41) is 2.90. The molecule has 5 nitrogen and oxygen atoms in total. The number of ether oxygens (including phenoxy) is 2. The minimum Gasteiger partial charge on any atom is -0.484 e. The third kappa shape index (κ3) is 4.18. The third-order valence-electron chi connectivity index (χ3n) is 3.11. The van der Waals surface area contributed by atoms with Crippen LogP contribution in [0.3, 0.4) is 0 Å². The maximum Gasteiger partial charge on any atom is 0.227 e. The zero-order chi connectivity index (χ0) is 14.4. The van der Waals surface area contributed by atoms with E-state index < -0.39 is 0 Å². The molecule has 0 unspecified atom stereocenters. The van der Waals surface area contributed by atoms with Crippen molar-refractivity contribution in [3.8, 4) is 5.75 Å². The summed E-state index contributed by atoms with van der Waals surface area (Å²) in [7, 11) is 0. The van der Waals surface area contributed by atoms with Crippen LogP contribution in [-0.4, -0.2) is 30.7 Å². The molecule has 0 bridgehead atoms. The lowest BCUT2D eigenvalue weighted by Crippen LogP contribution is -2.28. The minimum atomic E-state index is -0.00705. The largest absolute Gasteiger partial charge is 0.484 e. The Morgan fingerprint density at radius 3 is 2.80 bits per heavy atom. The highest BCUT2D eigenvalue weighted by molar-refractivity contribution is 7.80. The molecule has 1 amide bonds. The maximum absolute atomic E-state index is 12.2. The summed E-state index contributed by atoms with van der Waals surface area (Å²) in [4.78, 5) is 12.5. The molecule has 1 aliphatic rings. The van der Waals surface area contributed by atoms with Crippen molar-refractivity contribution in [3.05, 3.63) is 24.3 Å². The summed E-state index contributed by atoms with van der Waals surface area (Å²) < 4.78 is 10.7. The van der Waals surface area contributed by atoms with Crippen molar-refractivity contribution >= 4 is 28.8 Å². The van der Waals surface area contributed by atoms with Crippen LogP contribution in [0, 0.1) is 5.92 Å². The van der Waals surface area contributed by atoms with Gasteiger partial charge in [-0.05, 0) is 25.0 Å². The molecule has 0 saturated carbocycles. The van der Waals surface area contributed by atoms with Crippen LogP contribution >= 0.6 is 12.2 Å². The van der Waals surface area contributed by atoms with Crippen molar-refractivity contribution in [2.45, 2.75) is 12.8 Å². The summed E-state index contributed by atoms with van der Waals surface area (Å²) in [5.74, 6) is 0.563. The van der Waals surface area contributed by atoms with E-state index in [2.05, 4.69) is 5.32 Å². The average Bonchev–Trinajstić information content (AvgIpc) is 2.47. The van der Waals surface area contributed by atoms with Crippen LogP contribution in [0.2, 0.25) is 0 Å². The number of para-hydroxylation sites is 2. The van der Waals surface area contributed by atoms with E-state index in [1.807, 2.05) is 12.1 Å². The third-order valence-corrected chi connectivity index (χ3v) is 3.22. The van der Waals surface area contributed by atoms with E-state index in [4.69, 9.17) is 27.4 Å². The van der Waals surface area contributed by atoms with Crippen LogP contribution in [-0.2, 0) is 9.53 Å². The lowest BCUT2D eigenvalue weighted by atomic mass is 9.99. The van der Waals surface area contributed by atoms with Crippen molar-refractivity contribution in [2.75, 3.05) is 25.1 Å². The first-order chi connectivity index (χ1) is 9.66. The van der Waals surface area contributed by atoms with Crippen LogP contribution in [0.25, 0.3) is 0 Å². The molecule has 20 heavy (non-hydrogen) atoms. The standard InChI is InChI=1S/C14H18N2O3S/c15-13(20)9-19-12-4-2-1-3-11(12)16-14(17)10-5-7-18-8-6-10/h1-4,10H,5-9H2,(H2,15,20)(H,16,17). The zero-order valence-electron chi connectivity index (χ0n) is 11.1. The zero-order valence-corrected chi connectivity index (χ0v) is 11.9. The molecule has 0 spiro atoms. The molecule has 1 aromatic carbocycles. The van der Waals surface area contributed by atoms with Gasteiger partial charge in [0.05, 0.1) is 5.69 Å². The highest BCUT2D eigenvalue weighted by Crippen LogP contribution is 2.25. The number of rotatable bonds is 5. The van der Waals surface area contributed by atoms with Gasteiger partial charge in [-0.1, -0.05) is 24.4 Å². The first kappa shape index (κ1) is 14.7. The molecule has 0 aliphatic carbocycles. The van der Waals surface area contributed by atoms with E-state index >= 15 is 0 Å². The molecule has 1 fully saturated rings. The summed E-state index contributed by atoms with van der Waals surface area (Å²) >= 11 is 4.78. The monoisotopic (exact) mass is 294 g/mol. The Morgan fingerprint density at radius 1 is 1.40 bits per heavy atom. The quantitative estimate of drug-likeness (QED) is 0.809. The predicted octanol–water partition coefficient (Wildman–Crippen LogP) is 1.72. The van der Waals surface area contributed by atoms with Gasteiger partial charge in [0, 0.05) is 19.1 Å². The number of nitrogens with one attached hydrogen (secondary N) is 1. The Hall–Kier alpha value is -1.66. The first-order valence-electron chi connectivity index (χ1n) is 6.55. The van der Waals surface area contributed by atoms with Crippen molar-refractivity contribution in [1.82, 2.24) is 0 Å². The van der Waals surface area contributed by atoms with Gasteiger partial charge in [-0.3, -0.25) is 4.79 Å². The van der Waals surface area contributed by atoms with Crippen LogP contribution in [0.15, 0.2) is 24.3 Å². The fraction of sp³-hybridized carbons (Fsp3) is 0.429. The lowest BCUT2D eigenvalue weighted by molar-refractivity contribution is -0.122. The van der Waals surface area contributed by atoms with Gasteiger partial charge >= 0.3 is 0 Å². The number of anilines is 1. The van der Waals surface area contributed by atoms with E-state index in [0.29, 0.717) is 24.7 Å². The molecule has 0 aromatic heterocycles. The molecule has 1 heterocycles. The van der Waals surface area contributed by atoms with Crippen LogP contribution in [0.4, 0.5) is 5.69 Å². The normalized spacial score (nSPS) is 15.6. The Bertz CT molecular complexity index is 487. The van der Waals surface area contributed by atoms with E-state index in [0.717, 1.165) is 12.8 Å². The smallest absolute Gasteiger partial charge is 0.227 e. The highest BCUT2D eigenvalue weighted by atomic mass is 32.1. The fourth-order valence-electron chi connectivity index (χ4n) is 2.04. The molecule has 3 N–H and O–H groups in total. The Kier molecular flexibility index (Phi) is 5.31. The van der Waals surface area contributed by atoms with E-state index in [9.17, 15) is 4.79 Å². The molecule has 0 atom stereocenters. The van der Waals surface area contributed by atoms with Crippen molar-refractivity contribution < 1.29 is 14.3 Å².